The van der Waals surface area contributed by atoms with Crippen molar-refractivity contribution in [2.24, 2.45) is 0 Å². The van der Waals surface area contributed by atoms with Crippen molar-refractivity contribution in [3.05, 3.63) is 34.9 Å². The molecule has 1 aromatic rings. The zero-order chi connectivity index (χ0) is 17.3. The van der Waals surface area contributed by atoms with Gasteiger partial charge in [0.25, 0.3) is 5.91 Å². The molecule has 3 rings (SSSR count). The van der Waals surface area contributed by atoms with Crippen LogP contribution in [0.25, 0.3) is 0 Å². The van der Waals surface area contributed by atoms with E-state index in [-0.39, 0.29) is 11.9 Å². The molecular formula is C19H27N3O2. The van der Waals surface area contributed by atoms with E-state index in [9.17, 15) is 9.59 Å². The van der Waals surface area contributed by atoms with Crippen LogP contribution in [0.2, 0.25) is 0 Å². The average Bonchev–Trinajstić information content (AvgIpc) is 2.76. The van der Waals surface area contributed by atoms with E-state index in [4.69, 9.17) is 0 Å². The van der Waals surface area contributed by atoms with Gasteiger partial charge in [-0.3, -0.25) is 9.69 Å². The fourth-order valence-electron chi connectivity index (χ4n) is 3.91. The molecule has 2 saturated heterocycles. The summed E-state index contributed by atoms with van der Waals surface area (Å²) in [6.07, 6.45) is 4.38. The molecule has 5 heteroatoms. The van der Waals surface area contributed by atoms with Crippen LogP contribution in [0.5, 0.6) is 0 Å². The van der Waals surface area contributed by atoms with Crippen molar-refractivity contribution < 1.29 is 9.59 Å². The maximum atomic E-state index is 13.0. The van der Waals surface area contributed by atoms with E-state index in [1.807, 2.05) is 32.9 Å². The topological polar surface area (TPSA) is 61.4 Å². The van der Waals surface area contributed by atoms with E-state index >= 15 is 0 Å². The lowest BCUT2D eigenvalue weighted by Crippen LogP contribution is -2.42. The number of nitrogens with one attached hydrogen (secondary N) is 2. The first-order valence-corrected chi connectivity index (χ1v) is 8.87. The van der Waals surface area contributed by atoms with Crippen LogP contribution in [-0.4, -0.2) is 36.0 Å². The molecule has 2 aliphatic rings. The molecule has 2 fully saturated rings. The fraction of sp³-hybridized carbons (Fsp3) is 0.579. The first-order valence-electron chi connectivity index (χ1n) is 8.87. The number of hydrogen-bond acceptors (Lipinski definition) is 3. The number of rotatable bonds is 4. The Morgan fingerprint density at radius 3 is 2.71 bits per heavy atom. The highest BCUT2D eigenvalue weighted by molar-refractivity contribution is 6.07. The second-order valence-corrected chi connectivity index (χ2v) is 7.27. The summed E-state index contributed by atoms with van der Waals surface area (Å²) in [5, 5.41) is 6.38. The minimum Gasteiger partial charge on any atom is -0.319 e. The lowest BCUT2D eigenvalue weighted by Gasteiger charge is -2.26. The summed E-state index contributed by atoms with van der Waals surface area (Å²) in [6, 6.07) is 6.12. The third-order valence-corrected chi connectivity index (χ3v) is 5.31. The number of amides is 3. The van der Waals surface area contributed by atoms with Crippen molar-refractivity contribution in [3.8, 4) is 0 Å². The Balaban J connectivity index is 1.75. The summed E-state index contributed by atoms with van der Waals surface area (Å²) < 4.78 is 0. The molecule has 5 nitrogen and oxygen atoms in total. The largest absolute Gasteiger partial charge is 0.325 e. The highest BCUT2D eigenvalue weighted by Gasteiger charge is 2.49. The Hall–Kier alpha value is -1.88. The van der Waals surface area contributed by atoms with Gasteiger partial charge in [0, 0.05) is 12.6 Å². The molecule has 130 valence electrons. The molecule has 2 unspecified atom stereocenters. The highest BCUT2D eigenvalue weighted by atomic mass is 16.2. The number of urea groups is 1. The van der Waals surface area contributed by atoms with Gasteiger partial charge in [-0.1, -0.05) is 30.2 Å². The number of nitrogens with zero attached hydrogens (tertiary/aromatic N) is 1. The van der Waals surface area contributed by atoms with Gasteiger partial charge < -0.3 is 10.6 Å². The predicted octanol–water partition coefficient (Wildman–Crippen LogP) is 2.60. The summed E-state index contributed by atoms with van der Waals surface area (Å²) in [7, 11) is 0. The molecular weight excluding hydrogens is 302 g/mol. The van der Waals surface area contributed by atoms with E-state index in [0.29, 0.717) is 12.6 Å². The van der Waals surface area contributed by atoms with Crippen LogP contribution in [0.1, 0.15) is 49.3 Å². The van der Waals surface area contributed by atoms with Crippen molar-refractivity contribution in [2.45, 2.75) is 58.0 Å². The second-order valence-electron chi connectivity index (χ2n) is 7.27. The first kappa shape index (κ1) is 17.0. The van der Waals surface area contributed by atoms with Crippen LogP contribution in [0.3, 0.4) is 0 Å². The first-order chi connectivity index (χ1) is 11.4. The van der Waals surface area contributed by atoms with Gasteiger partial charge in [-0.05, 0) is 57.7 Å². The van der Waals surface area contributed by atoms with Gasteiger partial charge >= 0.3 is 6.03 Å². The molecule has 2 aliphatic heterocycles. The van der Waals surface area contributed by atoms with Crippen molar-refractivity contribution in [1.82, 2.24) is 15.5 Å². The molecule has 1 aromatic carbocycles. The summed E-state index contributed by atoms with van der Waals surface area (Å²) >= 11 is 0. The van der Waals surface area contributed by atoms with Crippen molar-refractivity contribution in [1.29, 1.82) is 0 Å². The fourth-order valence-corrected chi connectivity index (χ4v) is 3.91. The van der Waals surface area contributed by atoms with Crippen LogP contribution >= 0.6 is 0 Å². The van der Waals surface area contributed by atoms with Crippen LogP contribution < -0.4 is 10.6 Å². The Morgan fingerprint density at radius 2 is 2.04 bits per heavy atom. The molecule has 2 atom stereocenters. The Bertz CT molecular complexity index is 652. The molecule has 0 aromatic heterocycles. The van der Waals surface area contributed by atoms with E-state index in [1.165, 1.54) is 17.7 Å². The van der Waals surface area contributed by atoms with Crippen molar-refractivity contribution in [2.75, 3.05) is 13.1 Å². The highest BCUT2D eigenvalue weighted by Crippen LogP contribution is 2.31. The minimum atomic E-state index is -0.963. The maximum absolute atomic E-state index is 13.0. The molecule has 0 bridgehead atoms. The molecule has 0 saturated carbocycles. The van der Waals surface area contributed by atoms with Gasteiger partial charge in [-0.15, -0.1) is 0 Å². The molecule has 0 radical (unpaired) electrons. The monoisotopic (exact) mass is 329 g/mol. The number of imide groups is 1. The third-order valence-electron chi connectivity index (χ3n) is 5.31. The normalized spacial score (nSPS) is 27.5. The van der Waals surface area contributed by atoms with Crippen molar-refractivity contribution >= 4 is 11.9 Å². The summed E-state index contributed by atoms with van der Waals surface area (Å²) in [6.45, 7) is 7.33. The van der Waals surface area contributed by atoms with E-state index in [1.54, 1.807) is 0 Å². The zero-order valence-electron chi connectivity index (χ0n) is 14.8. The molecule has 2 N–H and O–H groups in total. The number of carbonyl (C=O) groups excluding carboxylic acids is 2. The van der Waals surface area contributed by atoms with Gasteiger partial charge in [0.2, 0.25) is 0 Å². The van der Waals surface area contributed by atoms with Crippen molar-refractivity contribution in [3.63, 3.8) is 0 Å². The molecule has 2 heterocycles. The lowest BCUT2D eigenvalue weighted by atomic mass is 9.87. The van der Waals surface area contributed by atoms with E-state index in [0.717, 1.165) is 36.1 Å². The van der Waals surface area contributed by atoms with Crippen LogP contribution in [0.4, 0.5) is 4.79 Å². The van der Waals surface area contributed by atoms with Crippen LogP contribution in [0.15, 0.2) is 18.2 Å². The third kappa shape index (κ3) is 3.05. The number of hydrogen-bond donors (Lipinski definition) is 2. The SMILES string of the molecule is Cc1ccc(C2(C)NC(=O)N(CCC3CCCCN3)C2=O)c(C)c1. The number of piperidine rings is 1. The standard InChI is InChI=1S/C19H27N3O2/c1-13-7-8-16(14(2)12-13)19(3)17(23)22(18(24)21-19)11-9-15-6-4-5-10-20-15/h7-8,12,15,20H,4-6,9-11H2,1-3H3,(H,21,24). The number of aryl methyl sites for hydroxylation is 2. The van der Waals surface area contributed by atoms with Gasteiger partial charge in [0.1, 0.15) is 5.54 Å². The second kappa shape index (κ2) is 6.55. The minimum absolute atomic E-state index is 0.143. The van der Waals surface area contributed by atoms with Gasteiger partial charge in [0.15, 0.2) is 0 Å². The van der Waals surface area contributed by atoms with Crippen LogP contribution in [0, 0.1) is 13.8 Å². The van der Waals surface area contributed by atoms with Gasteiger partial charge in [-0.2, -0.15) is 0 Å². The molecule has 3 amide bonds. The number of benzene rings is 1. The van der Waals surface area contributed by atoms with Gasteiger partial charge in [-0.25, -0.2) is 4.79 Å². The zero-order valence-corrected chi connectivity index (χ0v) is 14.8. The molecule has 24 heavy (non-hydrogen) atoms. The Labute approximate surface area is 143 Å². The molecule has 0 spiro atoms. The van der Waals surface area contributed by atoms with E-state index in [2.05, 4.69) is 16.7 Å². The summed E-state index contributed by atoms with van der Waals surface area (Å²) in [4.78, 5) is 26.8. The summed E-state index contributed by atoms with van der Waals surface area (Å²) in [5.41, 5.74) is 2.10. The quantitative estimate of drug-likeness (QED) is 0.835. The smallest absolute Gasteiger partial charge is 0.319 e. The lowest BCUT2D eigenvalue weighted by molar-refractivity contribution is -0.131. The molecule has 0 aliphatic carbocycles. The Kier molecular flexibility index (Phi) is 4.63. The maximum Gasteiger partial charge on any atom is 0.325 e. The number of carbonyl (C=O) groups is 2. The Morgan fingerprint density at radius 1 is 1.25 bits per heavy atom. The van der Waals surface area contributed by atoms with E-state index < -0.39 is 5.54 Å². The average molecular weight is 329 g/mol. The van der Waals surface area contributed by atoms with Gasteiger partial charge in [0.05, 0.1) is 0 Å². The van der Waals surface area contributed by atoms with Crippen LogP contribution in [-0.2, 0) is 10.3 Å². The predicted molar refractivity (Wildman–Crippen MR) is 93.8 cm³/mol. The summed E-state index contributed by atoms with van der Waals surface area (Å²) in [5.74, 6) is -0.143.